The van der Waals surface area contributed by atoms with Gasteiger partial charge in [0.1, 0.15) is 10.8 Å². The van der Waals surface area contributed by atoms with Crippen LogP contribution in [0.2, 0.25) is 0 Å². The van der Waals surface area contributed by atoms with Gasteiger partial charge in [-0.1, -0.05) is 30.3 Å². The van der Waals surface area contributed by atoms with Gasteiger partial charge >= 0.3 is 0 Å². The summed E-state index contributed by atoms with van der Waals surface area (Å²) in [6.07, 6.45) is 1.93. The van der Waals surface area contributed by atoms with Crippen molar-refractivity contribution in [2.75, 3.05) is 13.2 Å². The highest BCUT2D eigenvalue weighted by Gasteiger charge is 2.17. The summed E-state index contributed by atoms with van der Waals surface area (Å²) < 4.78 is 5.70. The first-order valence-electron chi connectivity index (χ1n) is 9.69. The summed E-state index contributed by atoms with van der Waals surface area (Å²) in [5.74, 6) is 0.774. The summed E-state index contributed by atoms with van der Waals surface area (Å²) in [5.41, 5.74) is 3.24. The van der Waals surface area contributed by atoms with Crippen LogP contribution in [0.4, 0.5) is 0 Å². The molecular formula is C24H23N3O2S. The third-order valence-corrected chi connectivity index (χ3v) is 5.38. The minimum atomic E-state index is -0.0193. The molecule has 152 valence electrons. The molecule has 1 heterocycles. The number of para-hydroxylation sites is 1. The zero-order valence-corrected chi connectivity index (χ0v) is 17.7. The van der Waals surface area contributed by atoms with Crippen molar-refractivity contribution in [3.05, 3.63) is 83.4 Å². The van der Waals surface area contributed by atoms with Crippen molar-refractivity contribution in [3.63, 3.8) is 0 Å². The molecule has 0 aliphatic rings. The van der Waals surface area contributed by atoms with Crippen LogP contribution in [0.15, 0.2) is 66.6 Å². The molecule has 0 radical (unpaired) electrons. The fourth-order valence-electron chi connectivity index (χ4n) is 3.02. The normalized spacial score (nSPS) is 10.3. The van der Waals surface area contributed by atoms with E-state index in [-0.39, 0.29) is 12.3 Å². The lowest BCUT2D eigenvalue weighted by Crippen LogP contribution is -2.32. The van der Waals surface area contributed by atoms with Crippen LogP contribution in [-0.4, -0.2) is 28.9 Å². The number of nitriles is 1. The van der Waals surface area contributed by atoms with E-state index >= 15 is 0 Å². The molecule has 0 aliphatic heterocycles. The van der Waals surface area contributed by atoms with Gasteiger partial charge in [-0.15, -0.1) is 17.9 Å². The number of hydrogen-bond donors (Lipinski definition) is 0. The Labute approximate surface area is 180 Å². The maximum atomic E-state index is 12.9. The van der Waals surface area contributed by atoms with Crippen molar-refractivity contribution >= 4 is 17.2 Å². The van der Waals surface area contributed by atoms with Crippen molar-refractivity contribution < 1.29 is 9.53 Å². The first kappa shape index (κ1) is 21.3. The zero-order valence-electron chi connectivity index (χ0n) is 16.9. The average molecular weight is 418 g/mol. The number of nitrogens with zero attached hydrogens (tertiary/aromatic N) is 3. The fourth-order valence-corrected chi connectivity index (χ4v) is 3.87. The van der Waals surface area contributed by atoms with Crippen molar-refractivity contribution in [1.29, 1.82) is 5.26 Å². The number of amides is 1. The highest BCUT2D eigenvalue weighted by Crippen LogP contribution is 2.32. The number of carbonyl (C=O) groups is 1. The highest BCUT2D eigenvalue weighted by molar-refractivity contribution is 7.13. The fraction of sp³-hybridized carbons (Fsp3) is 0.208. The predicted molar refractivity (Wildman–Crippen MR) is 119 cm³/mol. The Morgan fingerprint density at radius 1 is 1.27 bits per heavy atom. The lowest BCUT2D eigenvalue weighted by molar-refractivity contribution is -0.130. The molecule has 2 aromatic carbocycles. The molecule has 1 amide bonds. The Morgan fingerprint density at radius 2 is 2.03 bits per heavy atom. The minimum absolute atomic E-state index is 0.0193. The topological polar surface area (TPSA) is 66.2 Å². The first-order chi connectivity index (χ1) is 14.6. The van der Waals surface area contributed by atoms with Crippen molar-refractivity contribution in [2.24, 2.45) is 0 Å². The van der Waals surface area contributed by atoms with Crippen LogP contribution in [0, 0.1) is 11.3 Å². The van der Waals surface area contributed by atoms with Crippen LogP contribution in [0.5, 0.6) is 5.75 Å². The number of hydrogen-bond acceptors (Lipinski definition) is 5. The van der Waals surface area contributed by atoms with Gasteiger partial charge in [-0.25, -0.2) is 4.98 Å². The third-order valence-electron chi connectivity index (χ3n) is 4.46. The summed E-state index contributed by atoms with van der Waals surface area (Å²) in [5, 5.41) is 11.7. The lowest BCUT2D eigenvalue weighted by atomic mass is 10.1. The Morgan fingerprint density at radius 3 is 2.73 bits per heavy atom. The average Bonchev–Trinajstić information content (AvgIpc) is 3.23. The van der Waals surface area contributed by atoms with Crippen molar-refractivity contribution in [3.8, 4) is 22.4 Å². The molecule has 1 aromatic heterocycles. The van der Waals surface area contributed by atoms with Gasteiger partial charge in [-0.3, -0.25) is 4.79 Å². The molecular weight excluding hydrogens is 394 g/mol. The lowest BCUT2D eigenvalue weighted by Gasteiger charge is -2.21. The van der Waals surface area contributed by atoms with E-state index in [1.807, 2.05) is 48.7 Å². The number of carbonyl (C=O) groups excluding carboxylic acids is 1. The molecule has 0 unspecified atom stereocenters. The molecule has 3 aromatic rings. The Bertz CT molecular complexity index is 1050. The van der Waals surface area contributed by atoms with Crippen LogP contribution < -0.4 is 4.74 Å². The number of thiazole rings is 1. The van der Waals surface area contributed by atoms with Gasteiger partial charge in [-0.05, 0) is 36.8 Å². The minimum Gasteiger partial charge on any atom is -0.493 e. The summed E-state index contributed by atoms with van der Waals surface area (Å²) in [7, 11) is 0. The zero-order chi connectivity index (χ0) is 21.3. The van der Waals surface area contributed by atoms with Crippen LogP contribution in [0.25, 0.3) is 10.6 Å². The number of benzene rings is 2. The second-order valence-electron chi connectivity index (χ2n) is 6.62. The Hall–Kier alpha value is -3.43. The number of aromatic nitrogens is 1. The first-order valence-corrected chi connectivity index (χ1v) is 10.6. The quantitative estimate of drug-likeness (QED) is 0.467. The molecule has 30 heavy (non-hydrogen) atoms. The maximum absolute atomic E-state index is 12.9. The maximum Gasteiger partial charge on any atom is 0.229 e. The summed E-state index contributed by atoms with van der Waals surface area (Å²) in [6, 6.07) is 17.1. The van der Waals surface area contributed by atoms with Crippen molar-refractivity contribution in [2.45, 2.75) is 19.9 Å². The van der Waals surface area contributed by atoms with Gasteiger partial charge in [0.25, 0.3) is 0 Å². The van der Waals surface area contributed by atoms with Gasteiger partial charge in [0.15, 0.2) is 0 Å². The van der Waals surface area contributed by atoms with Crippen LogP contribution in [0.1, 0.15) is 23.7 Å². The standard InChI is InChI=1S/C24H23N3O2S/c1-3-13-27(16-19-11-9-18(15-25)10-12-19)23(28)14-20-17-30-24(26-20)21-7-5-6-8-22(21)29-4-2/h3,5-12,17H,1,4,13-14,16H2,2H3. The van der Waals surface area contributed by atoms with E-state index in [9.17, 15) is 4.79 Å². The van der Waals surface area contributed by atoms with Crippen LogP contribution in [0.3, 0.4) is 0 Å². The van der Waals surface area contributed by atoms with E-state index in [1.165, 1.54) is 11.3 Å². The second-order valence-corrected chi connectivity index (χ2v) is 7.48. The SMILES string of the molecule is C=CCN(Cc1ccc(C#N)cc1)C(=O)Cc1csc(-c2ccccc2OCC)n1. The molecule has 0 atom stereocenters. The Balaban J connectivity index is 1.72. The smallest absolute Gasteiger partial charge is 0.229 e. The van der Waals surface area contributed by atoms with E-state index in [0.717, 1.165) is 27.6 Å². The van der Waals surface area contributed by atoms with Gasteiger partial charge < -0.3 is 9.64 Å². The third kappa shape index (κ3) is 5.34. The van der Waals surface area contributed by atoms with E-state index in [4.69, 9.17) is 10.00 Å². The molecule has 6 heteroatoms. The largest absolute Gasteiger partial charge is 0.493 e. The molecule has 0 fully saturated rings. The van der Waals surface area contributed by atoms with Gasteiger partial charge in [-0.2, -0.15) is 5.26 Å². The predicted octanol–water partition coefficient (Wildman–Crippen LogP) is 4.84. The molecule has 0 spiro atoms. The number of ether oxygens (including phenoxy) is 1. The van der Waals surface area contributed by atoms with E-state index in [0.29, 0.717) is 25.3 Å². The molecule has 0 N–H and O–H groups in total. The number of rotatable bonds is 9. The van der Waals surface area contributed by atoms with Gasteiger partial charge in [0.2, 0.25) is 5.91 Å². The highest BCUT2D eigenvalue weighted by atomic mass is 32.1. The van der Waals surface area contributed by atoms with Crippen LogP contribution in [-0.2, 0) is 17.8 Å². The molecule has 3 rings (SSSR count). The van der Waals surface area contributed by atoms with Gasteiger partial charge in [0, 0.05) is 18.5 Å². The molecule has 0 saturated heterocycles. The molecule has 0 aliphatic carbocycles. The van der Waals surface area contributed by atoms with Crippen LogP contribution >= 0.6 is 11.3 Å². The van der Waals surface area contributed by atoms with E-state index in [1.54, 1.807) is 23.1 Å². The van der Waals surface area contributed by atoms with Crippen molar-refractivity contribution in [1.82, 2.24) is 9.88 Å². The second kappa shape index (κ2) is 10.4. The Kier molecular flexibility index (Phi) is 7.36. The summed E-state index contributed by atoms with van der Waals surface area (Å²) in [4.78, 5) is 19.3. The molecule has 0 bridgehead atoms. The molecule has 5 nitrogen and oxygen atoms in total. The molecule has 0 saturated carbocycles. The van der Waals surface area contributed by atoms with Gasteiger partial charge in [0.05, 0.1) is 35.9 Å². The summed E-state index contributed by atoms with van der Waals surface area (Å²) >= 11 is 1.51. The monoisotopic (exact) mass is 417 g/mol. The van der Waals surface area contributed by atoms with E-state index < -0.39 is 0 Å². The van der Waals surface area contributed by atoms with E-state index in [2.05, 4.69) is 17.6 Å². The summed E-state index contributed by atoms with van der Waals surface area (Å²) in [6.45, 7) is 7.20.